The van der Waals surface area contributed by atoms with Gasteiger partial charge in [-0.3, -0.25) is 0 Å². The molecule has 0 aromatic carbocycles. The summed E-state index contributed by atoms with van der Waals surface area (Å²) in [6.45, 7) is -1.34. The van der Waals surface area contributed by atoms with Crippen LogP contribution >= 0.6 is 7.82 Å². The summed E-state index contributed by atoms with van der Waals surface area (Å²) in [6, 6.07) is 0. The maximum absolute atomic E-state index is 11.8. The first-order valence-electron chi connectivity index (χ1n) is 6.45. The molecule has 0 radical (unpaired) electrons. The van der Waals surface area contributed by atoms with E-state index in [1.807, 2.05) is 0 Å². The predicted molar refractivity (Wildman–Crippen MR) is 73.6 cm³/mol. The third kappa shape index (κ3) is 6.41. The van der Waals surface area contributed by atoms with Gasteiger partial charge in [-0.1, -0.05) is 0 Å². The molecule has 6 atom stereocenters. The molecule has 2 unspecified atom stereocenters. The van der Waals surface area contributed by atoms with Gasteiger partial charge in [-0.15, -0.1) is 0 Å². The molecule has 1 heterocycles. The molecule has 0 spiro atoms. The van der Waals surface area contributed by atoms with Gasteiger partial charge in [0.1, 0.15) is 0 Å². The van der Waals surface area contributed by atoms with E-state index in [4.69, 9.17) is 14.9 Å². The Labute approximate surface area is 129 Å². The van der Waals surface area contributed by atoms with Crippen LogP contribution in [0.25, 0.3) is 0 Å². The van der Waals surface area contributed by atoms with Crippen LogP contribution in [0.1, 0.15) is 0 Å². The Bertz CT molecular complexity index is 453. The first kappa shape index (κ1) is 20.3. The monoisotopic (exact) mass is 408 g/mol. The Morgan fingerprint density at radius 2 is 1.91 bits per heavy atom. The van der Waals surface area contributed by atoms with Crippen LogP contribution in [0.5, 0.6) is 0 Å². The van der Waals surface area contributed by atoms with Crippen LogP contribution in [0.3, 0.4) is 0 Å². The minimum atomic E-state index is -4.68. The summed E-state index contributed by atoms with van der Waals surface area (Å²) in [5.41, 5.74) is 3.07. The number of aliphatic hydroxyl groups excluding tert-OH is 4. The average Bonchev–Trinajstić information content (AvgIpc) is 2.62. The van der Waals surface area contributed by atoms with Crippen molar-refractivity contribution >= 4 is 21.3 Å². The molecule has 1 fully saturated rings. The van der Waals surface area contributed by atoms with Crippen molar-refractivity contribution < 1.29 is 47.4 Å². The van der Waals surface area contributed by atoms with Crippen molar-refractivity contribution in [3.05, 3.63) is 0 Å². The van der Waals surface area contributed by atoms with E-state index in [2.05, 4.69) is 9.05 Å². The zero-order chi connectivity index (χ0) is 17.1. The van der Waals surface area contributed by atoms with Gasteiger partial charge in [0.2, 0.25) is 0 Å². The summed E-state index contributed by atoms with van der Waals surface area (Å²) in [4.78, 5) is 9.44. The van der Waals surface area contributed by atoms with E-state index in [9.17, 15) is 23.4 Å². The van der Waals surface area contributed by atoms with Gasteiger partial charge in [0.05, 0.1) is 0 Å². The van der Waals surface area contributed by atoms with Gasteiger partial charge in [-0.25, -0.2) is 0 Å². The predicted octanol–water partition coefficient (Wildman–Crippen LogP) is -1.44. The summed E-state index contributed by atoms with van der Waals surface area (Å²) >= 11 is -3.18. The normalized spacial score (nSPS) is 33.6. The van der Waals surface area contributed by atoms with Crippen LogP contribution in [0.15, 0.2) is 0 Å². The molecule has 1 aliphatic rings. The molecule has 0 amide bonds. The molecule has 1 rings (SSSR count). The molecule has 0 saturated carbocycles. The number of aliphatic hydroxyl groups is 4. The van der Waals surface area contributed by atoms with Crippen LogP contribution in [0.2, 0.25) is 16.6 Å². The Kier molecular flexibility index (Phi) is 7.29. The summed E-state index contributed by atoms with van der Waals surface area (Å²) in [6.07, 6.45) is -7.01. The number of phosphoric acid groups is 1. The van der Waals surface area contributed by atoms with E-state index in [-0.39, 0.29) is 5.21 Å². The van der Waals surface area contributed by atoms with Gasteiger partial charge in [0, 0.05) is 0 Å². The quantitative estimate of drug-likeness (QED) is 0.237. The van der Waals surface area contributed by atoms with Crippen molar-refractivity contribution in [1.29, 1.82) is 0 Å². The number of ether oxygens (including phenoxy) is 1. The molecule has 22 heavy (non-hydrogen) atoms. The Balaban J connectivity index is 2.62. The molecule has 0 aliphatic carbocycles. The number of hydrogen-bond acceptors (Lipinski definition) is 9. The number of phosphoric ester groups is 1. The molecular formula is C10H22AsO10P. The van der Waals surface area contributed by atoms with Gasteiger partial charge >= 0.3 is 129 Å². The van der Waals surface area contributed by atoms with E-state index in [1.165, 1.54) is 11.4 Å². The van der Waals surface area contributed by atoms with Crippen LogP contribution in [0, 0.1) is 0 Å². The third-order valence-electron chi connectivity index (χ3n) is 2.82. The molecule has 12 heteroatoms. The fourth-order valence-electron chi connectivity index (χ4n) is 1.78. The molecular weight excluding hydrogens is 386 g/mol. The third-order valence-corrected chi connectivity index (χ3v) is 6.37. The summed E-state index contributed by atoms with van der Waals surface area (Å²) < 4.78 is 37.6. The Morgan fingerprint density at radius 3 is 2.41 bits per heavy atom. The van der Waals surface area contributed by atoms with E-state index in [0.29, 0.717) is 0 Å². The van der Waals surface area contributed by atoms with Gasteiger partial charge in [-0.05, 0) is 0 Å². The first-order valence-corrected chi connectivity index (χ1v) is 13.8. The van der Waals surface area contributed by atoms with E-state index in [1.54, 1.807) is 0 Å². The second-order valence-corrected chi connectivity index (χ2v) is 14.3. The van der Waals surface area contributed by atoms with Crippen LogP contribution in [-0.4, -0.2) is 82.7 Å². The van der Waals surface area contributed by atoms with Gasteiger partial charge in [0.15, 0.2) is 0 Å². The maximum atomic E-state index is 11.8. The van der Waals surface area contributed by atoms with Gasteiger partial charge < -0.3 is 0 Å². The second-order valence-electron chi connectivity index (χ2n) is 5.49. The van der Waals surface area contributed by atoms with Crippen molar-refractivity contribution in [2.75, 3.05) is 13.2 Å². The van der Waals surface area contributed by atoms with E-state index >= 15 is 0 Å². The molecule has 0 bridgehead atoms. The molecule has 0 aromatic heterocycles. The average molecular weight is 408 g/mol. The van der Waals surface area contributed by atoms with Crippen LogP contribution in [-0.2, 0) is 22.1 Å². The molecule has 0 aromatic rings. The van der Waals surface area contributed by atoms with Crippen molar-refractivity contribution in [3.8, 4) is 0 Å². The molecule has 5 N–H and O–H groups in total. The van der Waals surface area contributed by atoms with E-state index in [0.717, 1.165) is 0 Å². The topological polar surface area (TPSA) is 163 Å². The zero-order valence-corrected chi connectivity index (χ0v) is 15.0. The molecule has 1 saturated heterocycles. The summed E-state index contributed by atoms with van der Waals surface area (Å²) in [7, 11) is -4.68. The summed E-state index contributed by atoms with van der Waals surface area (Å²) in [5.74, 6) is 0. The fourth-order valence-corrected chi connectivity index (χ4v) is 5.09. The Morgan fingerprint density at radius 1 is 1.32 bits per heavy atom. The number of hydrogen-bond donors (Lipinski definition) is 5. The summed E-state index contributed by atoms with van der Waals surface area (Å²) in [5, 5.41) is 37.2. The van der Waals surface area contributed by atoms with Gasteiger partial charge in [-0.2, -0.15) is 0 Å². The van der Waals surface area contributed by atoms with Crippen molar-refractivity contribution in [1.82, 2.24) is 0 Å². The molecule has 10 nitrogen and oxygen atoms in total. The first-order chi connectivity index (χ1) is 9.95. The second kappa shape index (κ2) is 7.89. The van der Waals surface area contributed by atoms with Crippen LogP contribution in [0.4, 0.5) is 0 Å². The Hall–Kier alpha value is 0.268. The van der Waals surface area contributed by atoms with Crippen LogP contribution < -0.4 is 0 Å². The van der Waals surface area contributed by atoms with Gasteiger partial charge in [0.25, 0.3) is 0 Å². The number of rotatable bonds is 8. The van der Waals surface area contributed by atoms with Crippen molar-refractivity contribution in [2.24, 2.45) is 0 Å². The molecule has 132 valence electrons. The minimum absolute atomic E-state index is 0.0240. The van der Waals surface area contributed by atoms with Crippen molar-refractivity contribution in [3.63, 3.8) is 0 Å². The zero-order valence-electron chi connectivity index (χ0n) is 12.2. The fraction of sp³-hybridized carbons (Fsp3) is 1.00. The molecule has 1 aliphatic heterocycles. The van der Waals surface area contributed by atoms with Crippen molar-refractivity contribution in [2.45, 2.75) is 47.3 Å². The standard InChI is InChI=1S/C10H22AsO10P/c1-11(2,16)3-7-8(14)9(15)10(20-7)21-22(17,18)19-5-6(13)4-12/h6-10,12-15H,3-5H2,1-2H3,(H,17,18)/t6?,7-,8-,9-,10+/m1/s1. The SMILES string of the molecule is C[As](C)(=O)C[C@H]1O[C@@H](OP(=O)(O)OCC(O)CO)[C@H](O)[C@@H]1O. The van der Waals surface area contributed by atoms with E-state index < -0.39 is 65.2 Å².